The first-order valence-corrected chi connectivity index (χ1v) is 6.49. The van der Waals surface area contributed by atoms with Crippen molar-refractivity contribution in [3.63, 3.8) is 0 Å². The van der Waals surface area contributed by atoms with E-state index in [0.29, 0.717) is 6.04 Å². The smallest absolute Gasteiger partial charge is 0.123 e. The molecule has 0 spiro atoms. The van der Waals surface area contributed by atoms with Crippen LogP contribution in [0.4, 0.5) is 10.1 Å². The summed E-state index contributed by atoms with van der Waals surface area (Å²) >= 11 is 0. The zero-order valence-electron chi connectivity index (χ0n) is 11.4. The van der Waals surface area contributed by atoms with E-state index in [1.165, 1.54) is 6.07 Å². The van der Waals surface area contributed by atoms with Crippen LogP contribution in [0.15, 0.2) is 18.2 Å². The van der Waals surface area contributed by atoms with E-state index < -0.39 is 0 Å². The lowest BCUT2D eigenvalue weighted by Gasteiger charge is -2.41. The average molecular weight is 251 g/mol. The van der Waals surface area contributed by atoms with Gasteiger partial charge in [0.2, 0.25) is 0 Å². The maximum atomic E-state index is 13.4. The van der Waals surface area contributed by atoms with E-state index in [-0.39, 0.29) is 11.9 Å². The zero-order valence-corrected chi connectivity index (χ0v) is 11.4. The predicted molar refractivity (Wildman–Crippen MR) is 73.3 cm³/mol. The van der Waals surface area contributed by atoms with Gasteiger partial charge < -0.3 is 15.5 Å². The molecule has 1 heterocycles. The summed E-state index contributed by atoms with van der Waals surface area (Å²) in [5.41, 5.74) is 7.93. The van der Waals surface area contributed by atoms with Crippen LogP contribution in [0.2, 0.25) is 0 Å². The lowest BCUT2D eigenvalue weighted by Crippen LogP contribution is -2.51. The van der Waals surface area contributed by atoms with Crippen LogP contribution in [0.3, 0.4) is 0 Å². The number of anilines is 1. The highest BCUT2D eigenvalue weighted by Gasteiger charge is 2.24. The van der Waals surface area contributed by atoms with Crippen LogP contribution in [0.1, 0.15) is 25.5 Å². The largest absolute Gasteiger partial charge is 0.366 e. The van der Waals surface area contributed by atoms with E-state index >= 15 is 0 Å². The summed E-state index contributed by atoms with van der Waals surface area (Å²) in [6.07, 6.45) is 0. The molecule has 2 N–H and O–H groups in total. The van der Waals surface area contributed by atoms with E-state index in [0.717, 1.165) is 30.9 Å². The van der Waals surface area contributed by atoms with E-state index in [1.807, 2.05) is 13.0 Å². The molecule has 0 saturated carbocycles. The number of hydrogen-bond donors (Lipinski definition) is 1. The molecule has 1 fully saturated rings. The zero-order chi connectivity index (χ0) is 13.3. The number of likely N-dealkylation sites (N-methyl/N-ethyl adjacent to an activating group) is 1. The molecule has 1 aliphatic heterocycles. The van der Waals surface area contributed by atoms with Crippen LogP contribution in [0.25, 0.3) is 0 Å². The molecule has 2 rings (SSSR count). The first-order valence-electron chi connectivity index (χ1n) is 6.49. The molecule has 1 aliphatic rings. The molecule has 1 aromatic carbocycles. The summed E-state index contributed by atoms with van der Waals surface area (Å²) in [6, 6.07) is 5.21. The van der Waals surface area contributed by atoms with Gasteiger partial charge in [-0.1, -0.05) is 0 Å². The Labute approximate surface area is 108 Å². The van der Waals surface area contributed by atoms with Crippen molar-refractivity contribution in [2.75, 3.05) is 31.6 Å². The van der Waals surface area contributed by atoms with Crippen LogP contribution in [0, 0.1) is 5.82 Å². The maximum Gasteiger partial charge on any atom is 0.123 e. The van der Waals surface area contributed by atoms with Crippen molar-refractivity contribution < 1.29 is 4.39 Å². The van der Waals surface area contributed by atoms with Crippen LogP contribution in [-0.4, -0.2) is 37.6 Å². The van der Waals surface area contributed by atoms with Gasteiger partial charge in [0.25, 0.3) is 0 Å². The van der Waals surface area contributed by atoms with Gasteiger partial charge in [-0.05, 0) is 44.7 Å². The highest BCUT2D eigenvalue weighted by atomic mass is 19.1. The van der Waals surface area contributed by atoms with Gasteiger partial charge in [0.05, 0.1) is 0 Å². The molecule has 3 nitrogen and oxygen atoms in total. The lowest BCUT2D eigenvalue weighted by molar-refractivity contribution is 0.275. The normalized spacial score (nSPS) is 23.2. The molecule has 1 aromatic rings. The van der Waals surface area contributed by atoms with Crippen LogP contribution < -0.4 is 10.6 Å². The standard InChI is InChI=1S/C14H22FN3/c1-10-9-17(3)6-7-18(10)14-5-4-12(15)8-13(14)11(2)16/h4-5,8,10-11H,6-7,9,16H2,1-3H3. The van der Waals surface area contributed by atoms with Crippen molar-refractivity contribution in [3.8, 4) is 0 Å². The number of rotatable bonds is 2. The third kappa shape index (κ3) is 2.65. The van der Waals surface area contributed by atoms with Crippen LogP contribution in [-0.2, 0) is 0 Å². The van der Waals surface area contributed by atoms with E-state index in [2.05, 4.69) is 23.8 Å². The fourth-order valence-electron chi connectivity index (χ4n) is 2.65. The van der Waals surface area contributed by atoms with Crippen molar-refractivity contribution in [1.29, 1.82) is 0 Å². The van der Waals surface area contributed by atoms with Crippen molar-refractivity contribution in [2.24, 2.45) is 5.73 Å². The Bertz CT molecular complexity index is 420. The molecule has 0 bridgehead atoms. The van der Waals surface area contributed by atoms with Crippen molar-refractivity contribution >= 4 is 5.69 Å². The molecule has 18 heavy (non-hydrogen) atoms. The molecule has 0 aromatic heterocycles. The van der Waals surface area contributed by atoms with Crippen molar-refractivity contribution in [2.45, 2.75) is 25.9 Å². The quantitative estimate of drug-likeness (QED) is 0.872. The van der Waals surface area contributed by atoms with E-state index in [4.69, 9.17) is 5.73 Å². The number of hydrogen-bond acceptors (Lipinski definition) is 3. The minimum Gasteiger partial charge on any atom is -0.366 e. The first kappa shape index (κ1) is 13.3. The molecular weight excluding hydrogens is 229 g/mol. The minimum absolute atomic E-state index is 0.150. The summed E-state index contributed by atoms with van der Waals surface area (Å²) in [4.78, 5) is 4.65. The van der Waals surface area contributed by atoms with Crippen LogP contribution in [0.5, 0.6) is 0 Å². The molecule has 2 unspecified atom stereocenters. The highest BCUT2D eigenvalue weighted by Crippen LogP contribution is 2.29. The van der Waals surface area contributed by atoms with Gasteiger partial charge in [0, 0.05) is 37.4 Å². The average Bonchev–Trinajstić information content (AvgIpc) is 2.29. The Morgan fingerprint density at radius 1 is 1.39 bits per heavy atom. The molecule has 0 amide bonds. The number of halogens is 1. The summed E-state index contributed by atoms with van der Waals surface area (Å²) in [7, 11) is 2.13. The Kier molecular flexibility index (Phi) is 3.88. The third-order valence-electron chi connectivity index (χ3n) is 3.62. The van der Waals surface area contributed by atoms with E-state index in [9.17, 15) is 4.39 Å². The van der Waals surface area contributed by atoms with Gasteiger partial charge in [-0.3, -0.25) is 0 Å². The Balaban J connectivity index is 2.32. The van der Waals surface area contributed by atoms with Gasteiger partial charge in [-0.25, -0.2) is 4.39 Å². The second-order valence-electron chi connectivity index (χ2n) is 5.30. The molecule has 1 saturated heterocycles. The third-order valence-corrected chi connectivity index (χ3v) is 3.62. The van der Waals surface area contributed by atoms with Gasteiger partial charge >= 0.3 is 0 Å². The number of nitrogens with zero attached hydrogens (tertiary/aromatic N) is 2. The van der Waals surface area contributed by atoms with Crippen LogP contribution >= 0.6 is 0 Å². The Morgan fingerprint density at radius 2 is 2.11 bits per heavy atom. The van der Waals surface area contributed by atoms with Gasteiger partial charge in [-0.2, -0.15) is 0 Å². The highest BCUT2D eigenvalue weighted by molar-refractivity contribution is 5.56. The fraction of sp³-hybridized carbons (Fsp3) is 0.571. The number of nitrogens with two attached hydrogens (primary N) is 1. The minimum atomic E-state index is -0.215. The monoisotopic (exact) mass is 251 g/mol. The summed E-state index contributed by atoms with van der Waals surface area (Å²) in [5.74, 6) is -0.215. The van der Waals surface area contributed by atoms with Gasteiger partial charge in [0.1, 0.15) is 5.82 Å². The second kappa shape index (κ2) is 5.24. The first-order chi connectivity index (χ1) is 8.49. The molecule has 100 valence electrons. The van der Waals surface area contributed by atoms with Gasteiger partial charge in [0.15, 0.2) is 0 Å². The Morgan fingerprint density at radius 3 is 2.72 bits per heavy atom. The summed E-state index contributed by atoms with van der Waals surface area (Å²) in [5, 5.41) is 0. The molecule has 4 heteroatoms. The molecule has 0 radical (unpaired) electrons. The fourth-order valence-corrected chi connectivity index (χ4v) is 2.65. The predicted octanol–water partition coefficient (Wildman–Crippen LogP) is 1.99. The SMILES string of the molecule is CC(N)c1cc(F)ccc1N1CCN(C)CC1C. The molecule has 2 atom stereocenters. The van der Waals surface area contributed by atoms with E-state index in [1.54, 1.807) is 6.07 Å². The summed E-state index contributed by atoms with van der Waals surface area (Å²) < 4.78 is 13.4. The Hall–Kier alpha value is -1.13. The number of piperazine rings is 1. The molecule has 0 aliphatic carbocycles. The maximum absolute atomic E-state index is 13.4. The number of benzene rings is 1. The van der Waals surface area contributed by atoms with Crippen molar-refractivity contribution in [3.05, 3.63) is 29.6 Å². The van der Waals surface area contributed by atoms with Crippen molar-refractivity contribution in [1.82, 2.24) is 4.90 Å². The molecular formula is C14H22FN3. The topological polar surface area (TPSA) is 32.5 Å². The van der Waals surface area contributed by atoms with Gasteiger partial charge in [-0.15, -0.1) is 0 Å². The summed E-state index contributed by atoms with van der Waals surface area (Å²) in [6.45, 7) is 7.11. The lowest BCUT2D eigenvalue weighted by atomic mass is 10.0. The second-order valence-corrected chi connectivity index (χ2v) is 5.30.